The highest BCUT2D eigenvalue weighted by Gasteiger charge is 2.33. The number of hydrogen-bond donors (Lipinski definition) is 2. The molecule has 0 spiro atoms. The second-order valence-corrected chi connectivity index (χ2v) is 7.68. The summed E-state index contributed by atoms with van der Waals surface area (Å²) in [6.45, 7) is 1.99. The summed E-state index contributed by atoms with van der Waals surface area (Å²) in [5.74, 6) is 0.252. The second-order valence-electron chi connectivity index (χ2n) is 7.68. The number of aliphatic hydroxyl groups excluding tert-OH is 1. The largest absolute Gasteiger partial charge is 0.465 e. The lowest BCUT2D eigenvalue weighted by Crippen LogP contribution is -2.41. The Hall–Kier alpha value is -3.60. The maximum atomic E-state index is 12.9. The van der Waals surface area contributed by atoms with E-state index >= 15 is 0 Å². The molecule has 2 aromatic heterocycles. The van der Waals surface area contributed by atoms with Gasteiger partial charge in [0.15, 0.2) is 0 Å². The van der Waals surface area contributed by atoms with Crippen molar-refractivity contribution in [1.29, 1.82) is 0 Å². The molecule has 0 saturated heterocycles. The summed E-state index contributed by atoms with van der Waals surface area (Å²) in [4.78, 5) is 16.9. The van der Waals surface area contributed by atoms with Crippen molar-refractivity contribution >= 4 is 11.8 Å². The number of pyridine rings is 1. The average Bonchev–Trinajstić information content (AvgIpc) is 3.22. The number of hydrogen-bond acceptors (Lipinski definition) is 5. The van der Waals surface area contributed by atoms with Crippen LogP contribution in [0.5, 0.6) is 11.6 Å². The van der Waals surface area contributed by atoms with Crippen LogP contribution < -0.4 is 9.64 Å². The quantitative estimate of drug-likeness (QED) is 0.576. The predicted molar refractivity (Wildman–Crippen MR) is 112 cm³/mol. The minimum atomic E-state index is -4.53. The summed E-state index contributed by atoms with van der Waals surface area (Å²) in [5.41, 5.74) is 1.40. The van der Waals surface area contributed by atoms with E-state index in [0.29, 0.717) is 47.2 Å². The molecule has 1 atom stereocenters. The molecule has 1 amide bonds. The van der Waals surface area contributed by atoms with E-state index in [9.17, 15) is 23.1 Å². The van der Waals surface area contributed by atoms with Crippen LogP contribution in [0.3, 0.4) is 0 Å². The Kier molecular flexibility index (Phi) is 5.98. The SMILES string of the molecule is C[C@H]1CCc2c(ccc(-c3cnn(CCO)c3)c2Oc2ccc(C(F)(F)F)cn2)N1C(=O)O. The summed E-state index contributed by atoms with van der Waals surface area (Å²) in [5, 5.41) is 23.1. The molecule has 174 valence electrons. The Morgan fingerprint density at radius 3 is 2.67 bits per heavy atom. The van der Waals surface area contributed by atoms with Crippen molar-refractivity contribution in [1.82, 2.24) is 14.8 Å². The molecule has 1 aliphatic heterocycles. The highest BCUT2D eigenvalue weighted by atomic mass is 19.4. The van der Waals surface area contributed by atoms with Crippen molar-refractivity contribution in [2.75, 3.05) is 11.5 Å². The average molecular weight is 462 g/mol. The van der Waals surface area contributed by atoms with Crippen LogP contribution in [0.2, 0.25) is 0 Å². The summed E-state index contributed by atoms with van der Waals surface area (Å²) >= 11 is 0. The third-order valence-electron chi connectivity index (χ3n) is 5.50. The molecule has 0 bridgehead atoms. The lowest BCUT2D eigenvalue weighted by atomic mass is 9.92. The van der Waals surface area contributed by atoms with Crippen molar-refractivity contribution < 1.29 is 32.9 Å². The Bertz CT molecular complexity index is 1160. The maximum Gasteiger partial charge on any atom is 0.417 e. The third kappa shape index (κ3) is 4.49. The van der Waals surface area contributed by atoms with E-state index in [1.165, 1.54) is 4.90 Å². The number of nitrogens with zero attached hydrogens (tertiary/aromatic N) is 4. The first-order valence-corrected chi connectivity index (χ1v) is 10.2. The number of rotatable bonds is 5. The van der Waals surface area contributed by atoms with Gasteiger partial charge < -0.3 is 14.9 Å². The normalized spacial score (nSPS) is 15.9. The van der Waals surface area contributed by atoms with E-state index in [4.69, 9.17) is 9.84 Å². The van der Waals surface area contributed by atoms with Gasteiger partial charge in [0.1, 0.15) is 5.75 Å². The molecule has 33 heavy (non-hydrogen) atoms. The van der Waals surface area contributed by atoms with Gasteiger partial charge in [0.25, 0.3) is 0 Å². The van der Waals surface area contributed by atoms with Crippen LogP contribution in [-0.2, 0) is 19.1 Å². The van der Waals surface area contributed by atoms with Crippen LogP contribution in [0.1, 0.15) is 24.5 Å². The molecular weight excluding hydrogens is 441 g/mol. The third-order valence-corrected chi connectivity index (χ3v) is 5.50. The summed E-state index contributed by atoms with van der Waals surface area (Å²) in [7, 11) is 0. The number of carboxylic acid groups (broad SMARTS) is 1. The highest BCUT2D eigenvalue weighted by molar-refractivity contribution is 5.91. The molecule has 2 N–H and O–H groups in total. The molecule has 0 fully saturated rings. The molecule has 0 saturated carbocycles. The second kappa shape index (κ2) is 8.74. The molecule has 1 aliphatic rings. The van der Waals surface area contributed by atoms with Crippen LogP contribution in [-0.4, -0.2) is 43.7 Å². The van der Waals surface area contributed by atoms with Crippen LogP contribution >= 0.6 is 0 Å². The molecule has 0 unspecified atom stereocenters. The van der Waals surface area contributed by atoms with Crippen molar-refractivity contribution in [3.05, 3.63) is 54.0 Å². The number of amides is 1. The number of alkyl halides is 3. The molecule has 0 aliphatic carbocycles. The maximum absolute atomic E-state index is 12.9. The van der Waals surface area contributed by atoms with Gasteiger partial charge in [0.2, 0.25) is 5.88 Å². The smallest absolute Gasteiger partial charge is 0.417 e. The highest BCUT2D eigenvalue weighted by Crippen LogP contribution is 2.44. The Morgan fingerprint density at radius 2 is 2.03 bits per heavy atom. The van der Waals surface area contributed by atoms with E-state index in [-0.39, 0.29) is 25.1 Å². The van der Waals surface area contributed by atoms with E-state index in [1.807, 2.05) is 6.92 Å². The topological polar surface area (TPSA) is 101 Å². The van der Waals surface area contributed by atoms with E-state index in [1.54, 1.807) is 29.2 Å². The molecular formula is C22H21F3N4O4. The fourth-order valence-corrected chi connectivity index (χ4v) is 3.88. The van der Waals surface area contributed by atoms with E-state index in [2.05, 4.69) is 10.1 Å². The van der Waals surface area contributed by atoms with E-state index < -0.39 is 17.8 Å². The van der Waals surface area contributed by atoms with Crippen LogP contribution in [0.4, 0.5) is 23.7 Å². The number of carbonyl (C=O) groups is 1. The monoisotopic (exact) mass is 462 g/mol. The number of halogens is 3. The molecule has 3 heterocycles. The molecule has 8 nitrogen and oxygen atoms in total. The van der Waals surface area contributed by atoms with Crippen molar-refractivity contribution in [3.63, 3.8) is 0 Å². The first-order chi connectivity index (χ1) is 15.7. The number of anilines is 1. The Morgan fingerprint density at radius 1 is 1.24 bits per heavy atom. The van der Waals surface area contributed by atoms with Gasteiger partial charge in [-0.1, -0.05) is 0 Å². The minimum Gasteiger partial charge on any atom is -0.465 e. The molecule has 4 rings (SSSR count). The van der Waals surface area contributed by atoms with Gasteiger partial charge >= 0.3 is 12.3 Å². The van der Waals surface area contributed by atoms with E-state index in [0.717, 1.165) is 12.1 Å². The number of fused-ring (bicyclic) bond motifs is 1. The fraction of sp³-hybridized carbons (Fsp3) is 0.318. The molecule has 1 aromatic carbocycles. The van der Waals surface area contributed by atoms with Gasteiger partial charge in [-0.15, -0.1) is 0 Å². The first-order valence-electron chi connectivity index (χ1n) is 10.2. The first kappa shape index (κ1) is 22.6. The molecule has 3 aromatic rings. The standard InChI is InChI=1S/C22H21F3N4O4/c1-13-2-4-17-18(29(13)21(31)32)6-5-16(14-10-27-28(12-14)8-9-30)20(17)33-19-7-3-15(11-26-19)22(23,24)25/h3,5-7,10-13,30H,2,4,8-9H2,1H3,(H,31,32)/t13-/m0/s1. The number of ether oxygens (including phenoxy) is 1. The number of aromatic nitrogens is 3. The lowest BCUT2D eigenvalue weighted by molar-refractivity contribution is -0.137. The van der Waals surface area contributed by atoms with Crippen LogP contribution in [0.25, 0.3) is 11.1 Å². The van der Waals surface area contributed by atoms with Gasteiger partial charge in [0, 0.05) is 41.2 Å². The predicted octanol–water partition coefficient (Wildman–Crippen LogP) is 4.57. The zero-order chi connectivity index (χ0) is 23.8. The van der Waals surface area contributed by atoms with Crippen molar-refractivity contribution in [3.8, 4) is 22.8 Å². The van der Waals surface area contributed by atoms with Gasteiger partial charge in [-0.05, 0) is 38.0 Å². The van der Waals surface area contributed by atoms with Crippen molar-refractivity contribution in [2.24, 2.45) is 0 Å². The van der Waals surface area contributed by atoms with Gasteiger partial charge in [-0.2, -0.15) is 18.3 Å². The Balaban J connectivity index is 1.81. The summed E-state index contributed by atoms with van der Waals surface area (Å²) < 4.78 is 46.2. The van der Waals surface area contributed by atoms with Crippen molar-refractivity contribution in [2.45, 2.75) is 38.5 Å². The zero-order valence-electron chi connectivity index (χ0n) is 17.6. The minimum absolute atomic E-state index is 0.0547. The van der Waals surface area contributed by atoms with Crippen LogP contribution in [0, 0.1) is 0 Å². The van der Waals surface area contributed by atoms with Gasteiger partial charge in [0.05, 0.1) is 30.6 Å². The fourth-order valence-electron chi connectivity index (χ4n) is 3.88. The lowest BCUT2D eigenvalue weighted by Gasteiger charge is -2.34. The van der Waals surface area contributed by atoms with Gasteiger partial charge in [-0.25, -0.2) is 9.78 Å². The Labute approximate surface area is 186 Å². The van der Waals surface area contributed by atoms with Gasteiger partial charge in [-0.3, -0.25) is 9.58 Å². The number of benzene rings is 1. The summed E-state index contributed by atoms with van der Waals surface area (Å²) in [6.07, 6.45) is -0.614. The zero-order valence-corrected chi connectivity index (χ0v) is 17.6. The molecule has 11 heteroatoms. The van der Waals surface area contributed by atoms with Crippen LogP contribution in [0.15, 0.2) is 42.9 Å². The molecule has 0 radical (unpaired) electrons. The number of aliphatic hydroxyl groups is 1. The summed E-state index contributed by atoms with van der Waals surface area (Å²) in [6, 6.07) is 5.13.